The van der Waals surface area contributed by atoms with E-state index in [9.17, 15) is 19.5 Å². The minimum Gasteiger partial charge on any atom is -0.493 e. The van der Waals surface area contributed by atoms with Gasteiger partial charge in [-0.15, -0.1) is 0 Å². The van der Waals surface area contributed by atoms with Crippen molar-refractivity contribution in [3.63, 3.8) is 0 Å². The Labute approximate surface area is 314 Å². The van der Waals surface area contributed by atoms with E-state index in [4.69, 9.17) is 23.7 Å². The summed E-state index contributed by atoms with van der Waals surface area (Å²) in [5.41, 5.74) is 3.07. The maximum atomic E-state index is 13.9. The van der Waals surface area contributed by atoms with Crippen molar-refractivity contribution in [1.29, 1.82) is 0 Å². The maximum Gasteiger partial charge on any atom is 0.416 e. The Kier molecular flexibility index (Phi) is 11.9. The average molecular weight is 749 g/mol. The van der Waals surface area contributed by atoms with Crippen LogP contribution in [-0.4, -0.2) is 116 Å². The van der Waals surface area contributed by atoms with Crippen LogP contribution in [0.4, 0.5) is 16.2 Å². The molecule has 0 radical (unpaired) electrons. The number of methoxy groups -OCH3 is 2. The summed E-state index contributed by atoms with van der Waals surface area (Å²) in [5, 5.41) is 11.8. The van der Waals surface area contributed by atoms with E-state index in [1.54, 1.807) is 46.0 Å². The van der Waals surface area contributed by atoms with Crippen molar-refractivity contribution in [3.8, 4) is 23.0 Å². The van der Waals surface area contributed by atoms with Gasteiger partial charge in [0.05, 0.1) is 62.0 Å². The van der Waals surface area contributed by atoms with Crippen LogP contribution in [0.5, 0.6) is 23.0 Å². The first-order valence-corrected chi connectivity index (χ1v) is 19.2. The number of rotatable bonds is 14. The van der Waals surface area contributed by atoms with E-state index in [2.05, 4.69) is 25.1 Å². The van der Waals surface area contributed by atoms with Gasteiger partial charge >= 0.3 is 6.09 Å². The Bertz CT molecular complexity index is 1800. The van der Waals surface area contributed by atoms with E-state index >= 15 is 0 Å². The number of hydrogen-bond donors (Lipinski definition) is 1. The zero-order chi connectivity index (χ0) is 37.8. The van der Waals surface area contributed by atoms with E-state index in [1.807, 2.05) is 6.26 Å². The van der Waals surface area contributed by atoms with Gasteiger partial charge in [0.2, 0.25) is 0 Å². The highest BCUT2D eigenvalue weighted by Crippen LogP contribution is 2.42. The summed E-state index contributed by atoms with van der Waals surface area (Å²) in [6.45, 7) is 11.5. The molecule has 53 heavy (non-hydrogen) atoms. The van der Waals surface area contributed by atoms with Crippen LogP contribution in [0.2, 0.25) is 0 Å². The molecule has 284 valence electrons. The van der Waals surface area contributed by atoms with Gasteiger partial charge in [0.1, 0.15) is 6.61 Å². The predicted molar refractivity (Wildman–Crippen MR) is 204 cm³/mol. The number of ether oxygens (including phenoxy) is 5. The third-order valence-corrected chi connectivity index (χ3v) is 11.0. The molecule has 0 spiro atoms. The largest absolute Gasteiger partial charge is 0.493 e. The molecule has 0 saturated carbocycles. The molecule has 4 aliphatic heterocycles. The van der Waals surface area contributed by atoms with Gasteiger partial charge in [0.15, 0.2) is 29.2 Å². The van der Waals surface area contributed by atoms with Gasteiger partial charge in [-0.2, -0.15) is 11.8 Å². The minimum absolute atomic E-state index is 0.100. The molecular weight excluding hydrogens is 701 g/mol. The Morgan fingerprint density at radius 2 is 1.57 bits per heavy atom. The van der Waals surface area contributed by atoms with Crippen LogP contribution in [0.15, 0.2) is 53.6 Å². The zero-order valence-electron chi connectivity index (χ0n) is 30.8. The minimum atomic E-state index is -1.38. The van der Waals surface area contributed by atoms with Crippen molar-refractivity contribution < 1.29 is 43.2 Å². The Hall–Kier alpha value is -4.69. The number of amides is 3. The van der Waals surface area contributed by atoms with Crippen LogP contribution in [-0.2, 0) is 4.74 Å². The molecule has 4 aliphatic rings. The molecule has 2 aromatic carbocycles. The summed E-state index contributed by atoms with van der Waals surface area (Å²) >= 11 is 1.63. The van der Waals surface area contributed by atoms with Crippen LogP contribution in [0, 0.1) is 0 Å². The van der Waals surface area contributed by atoms with Crippen molar-refractivity contribution >= 4 is 47.3 Å². The van der Waals surface area contributed by atoms with Gasteiger partial charge in [-0.05, 0) is 37.7 Å². The molecule has 0 aromatic heterocycles. The molecule has 3 unspecified atom stereocenters. The summed E-state index contributed by atoms with van der Waals surface area (Å²) in [4.78, 5) is 50.1. The highest BCUT2D eigenvalue weighted by atomic mass is 32.2. The standard InChI is InChI=1S/C39H48N4O9S/c1-7-8-10-26(53-6)22-52-39(47)43-30-18-35(33(49-5)16-28(30)37(45)42-21-24(3)14-31(42)38(43)46)51-12-9-11-50-34-17-29-27(15-32(34)48-4)36(44)41-20-23(2)13-25(41)19-40-29/h15-19,25-26,31,38,46H,2-3,7-14,20-22H2,1,4-6H3/t25?,26?,31-,38?/m0/s1. The molecule has 2 aromatic rings. The number of benzene rings is 2. The SMILES string of the molecule is C=C1CC2C=Nc3cc(OCCCOc4cc5c(cc4OC)C(=O)N4CC(=C)C[C@H]4C(O)N5C(=O)OCC(CCCC)SC)c(OC)cc3C(=O)N2C1. The lowest BCUT2D eigenvalue weighted by Crippen LogP contribution is -2.51. The molecule has 0 bridgehead atoms. The Morgan fingerprint density at radius 3 is 2.25 bits per heavy atom. The molecule has 13 nitrogen and oxygen atoms in total. The number of nitrogens with zero attached hydrogens (tertiary/aromatic N) is 4. The van der Waals surface area contributed by atoms with Crippen molar-refractivity contribution in [2.45, 2.75) is 69.0 Å². The van der Waals surface area contributed by atoms with Gasteiger partial charge in [0, 0.05) is 43.1 Å². The number of carbonyl (C=O) groups is 3. The van der Waals surface area contributed by atoms with Gasteiger partial charge in [-0.3, -0.25) is 14.6 Å². The van der Waals surface area contributed by atoms with Crippen molar-refractivity contribution in [2.75, 3.05) is 58.3 Å². The van der Waals surface area contributed by atoms with Gasteiger partial charge in [0.25, 0.3) is 11.8 Å². The van der Waals surface area contributed by atoms with E-state index < -0.39 is 18.4 Å². The molecule has 4 heterocycles. The van der Waals surface area contributed by atoms with Gasteiger partial charge in [-0.25, -0.2) is 9.69 Å². The number of aliphatic hydroxyl groups is 1. The number of anilines is 1. The molecule has 2 saturated heterocycles. The number of thioether (sulfide) groups is 1. The highest BCUT2D eigenvalue weighted by Gasteiger charge is 2.46. The fourth-order valence-electron chi connectivity index (χ4n) is 7.15. The number of aliphatic hydroxyl groups excluding tert-OH is 1. The first-order valence-electron chi connectivity index (χ1n) is 17.9. The number of unbranched alkanes of at least 4 members (excludes halogenated alkanes) is 1. The smallest absolute Gasteiger partial charge is 0.416 e. The second-order valence-electron chi connectivity index (χ2n) is 13.6. The van der Waals surface area contributed by atoms with Crippen LogP contribution in [0.1, 0.15) is 66.2 Å². The van der Waals surface area contributed by atoms with E-state index in [-0.39, 0.29) is 66.5 Å². The van der Waals surface area contributed by atoms with Gasteiger partial charge < -0.3 is 38.6 Å². The molecule has 0 aliphatic carbocycles. The number of aliphatic imine (C=N–C) groups is 1. The zero-order valence-corrected chi connectivity index (χ0v) is 31.6. The van der Waals surface area contributed by atoms with Crippen LogP contribution in [0.25, 0.3) is 0 Å². The number of carbonyl (C=O) groups excluding carboxylic acids is 3. The molecular formula is C39H48N4O9S. The first-order chi connectivity index (χ1) is 25.6. The van der Waals surface area contributed by atoms with E-state index in [0.717, 1.165) is 35.3 Å². The Balaban J connectivity index is 1.18. The quantitative estimate of drug-likeness (QED) is 0.181. The predicted octanol–water partition coefficient (Wildman–Crippen LogP) is 6.01. The third kappa shape index (κ3) is 7.84. The van der Waals surface area contributed by atoms with Crippen molar-refractivity contribution in [3.05, 3.63) is 59.7 Å². The summed E-state index contributed by atoms with van der Waals surface area (Å²) < 4.78 is 29.2. The lowest BCUT2D eigenvalue weighted by molar-refractivity contribution is 0.0490. The molecule has 4 atom stereocenters. The van der Waals surface area contributed by atoms with Crippen molar-refractivity contribution in [2.24, 2.45) is 4.99 Å². The second kappa shape index (κ2) is 16.5. The van der Waals surface area contributed by atoms with E-state index in [0.29, 0.717) is 54.3 Å². The summed E-state index contributed by atoms with van der Waals surface area (Å²) in [5.74, 6) is 0.932. The molecule has 2 fully saturated rings. The molecule has 6 rings (SSSR count). The molecule has 3 amide bonds. The van der Waals surface area contributed by atoms with E-state index in [1.165, 1.54) is 20.3 Å². The van der Waals surface area contributed by atoms with Crippen LogP contribution < -0.4 is 23.8 Å². The topological polar surface area (TPSA) is 140 Å². The first kappa shape index (κ1) is 38.0. The molecule has 14 heteroatoms. The normalized spacial score (nSPS) is 21.0. The average Bonchev–Trinajstić information content (AvgIpc) is 3.69. The lowest BCUT2D eigenvalue weighted by atomic mass is 10.1. The maximum absolute atomic E-state index is 13.9. The van der Waals surface area contributed by atoms with Crippen LogP contribution >= 0.6 is 11.8 Å². The monoisotopic (exact) mass is 748 g/mol. The molecule has 1 N–H and O–H groups in total. The fraction of sp³-hybridized carbons (Fsp3) is 0.487. The Morgan fingerprint density at radius 1 is 0.925 bits per heavy atom. The highest BCUT2D eigenvalue weighted by molar-refractivity contribution is 7.99. The summed E-state index contributed by atoms with van der Waals surface area (Å²) in [6.07, 6.45) is 6.01. The summed E-state index contributed by atoms with van der Waals surface area (Å²) in [7, 11) is 2.99. The second-order valence-corrected chi connectivity index (χ2v) is 14.8. The summed E-state index contributed by atoms with van der Waals surface area (Å²) in [6, 6.07) is 5.63. The van der Waals surface area contributed by atoms with Crippen LogP contribution in [0.3, 0.4) is 0 Å². The van der Waals surface area contributed by atoms with Gasteiger partial charge in [-0.1, -0.05) is 44.1 Å². The number of fused-ring (bicyclic) bond motifs is 4. The third-order valence-electron chi connectivity index (χ3n) is 9.99. The number of hydrogen-bond acceptors (Lipinski definition) is 11. The fourth-order valence-corrected chi connectivity index (χ4v) is 7.75. The van der Waals surface area contributed by atoms with Crippen molar-refractivity contribution in [1.82, 2.24) is 9.80 Å². The lowest BCUT2D eigenvalue weighted by Gasteiger charge is -2.32.